The smallest absolute Gasteiger partial charge is 0.239 e. The van der Waals surface area contributed by atoms with Crippen molar-refractivity contribution >= 4 is 16.8 Å². The highest BCUT2D eigenvalue weighted by atomic mass is 16.2. The fourth-order valence-corrected chi connectivity index (χ4v) is 2.49. The highest BCUT2D eigenvalue weighted by molar-refractivity contribution is 5.86. The van der Waals surface area contributed by atoms with E-state index < -0.39 is 6.04 Å². The molecule has 0 aliphatic rings. The van der Waals surface area contributed by atoms with Gasteiger partial charge in [-0.25, -0.2) is 0 Å². The average Bonchev–Trinajstić information content (AvgIpc) is 2.90. The number of nitrogens with one attached hydrogen (secondary N) is 1. The number of benzene rings is 1. The molecule has 2 rings (SSSR count). The molecule has 1 aromatic carbocycles. The van der Waals surface area contributed by atoms with E-state index in [-0.39, 0.29) is 5.91 Å². The Bertz CT molecular complexity index is 617. The number of carbonyl (C=O) groups excluding carboxylic acids is 1. The van der Waals surface area contributed by atoms with Gasteiger partial charge in [-0.15, -0.1) is 6.58 Å². The molecule has 0 spiro atoms. The molecule has 4 heteroatoms. The Morgan fingerprint density at radius 1 is 1.48 bits per heavy atom. The molecule has 2 aromatic rings. The number of aromatic amines is 1. The minimum atomic E-state index is -0.502. The Labute approximate surface area is 125 Å². The summed E-state index contributed by atoms with van der Waals surface area (Å²) in [6.45, 7) is 4.40. The largest absolute Gasteiger partial charge is 0.361 e. The molecule has 0 fully saturated rings. The third-order valence-electron chi connectivity index (χ3n) is 3.71. The third kappa shape index (κ3) is 3.73. The van der Waals surface area contributed by atoms with Crippen LogP contribution in [0.25, 0.3) is 10.9 Å². The fourth-order valence-electron chi connectivity index (χ4n) is 2.49. The van der Waals surface area contributed by atoms with Crippen LogP contribution in [0.15, 0.2) is 43.1 Å². The summed E-state index contributed by atoms with van der Waals surface area (Å²) < 4.78 is 0. The van der Waals surface area contributed by atoms with E-state index in [1.165, 1.54) is 0 Å². The Morgan fingerprint density at radius 2 is 2.24 bits per heavy atom. The van der Waals surface area contributed by atoms with E-state index in [2.05, 4.69) is 11.6 Å². The van der Waals surface area contributed by atoms with Crippen LogP contribution in [0.3, 0.4) is 0 Å². The minimum absolute atomic E-state index is 0.00987. The molecule has 1 aromatic heterocycles. The maximum atomic E-state index is 12.3. The SMILES string of the molecule is C=CCCCN(C)C(=O)C(N)Cc1c[nH]c2ccccc12. The molecule has 1 atom stereocenters. The maximum absolute atomic E-state index is 12.3. The van der Waals surface area contributed by atoms with E-state index in [1.807, 2.05) is 36.5 Å². The van der Waals surface area contributed by atoms with E-state index in [0.29, 0.717) is 13.0 Å². The van der Waals surface area contributed by atoms with E-state index in [1.54, 1.807) is 11.9 Å². The van der Waals surface area contributed by atoms with Crippen LogP contribution in [0, 0.1) is 0 Å². The lowest BCUT2D eigenvalue weighted by molar-refractivity contribution is -0.131. The lowest BCUT2D eigenvalue weighted by atomic mass is 10.0. The van der Waals surface area contributed by atoms with Crippen LogP contribution >= 0.6 is 0 Å². The van der Waals surface area contributed by atoms with E-state index in [4.69, 9.17) is 5.73 Å². The van der Waals surface area contributed by atoms with Gasteiger partial charge < -0.3 is 15.6 Å². The number of rotatable bonds is 7. The van der Waals surface area contributed by atoms with Crippen LogP contribution in [0.5, 0.6) is 0 Å². The number of amides is 1. The monoisotopic (exact) mass is 285 g/mol. The predicted molar refractivity (Wildman–Crippen MR) is 87.0 cm³/mol. The summed E-state index contributed by atoms with van der Waals surface area (Å²) >= 11 is 0. The summed E-state index contributed by atoms with van der Waals surface area (Å²) in [5.74, 6) is -0.00987. The van der Waals surface area contributed by atoms with Gasteiger partial charge in [-0.3, -0.25) is 4.79 Å². The summed E-state index contributed by atoms with van der Waals surface area (Å²) in [6, 6.07) is 7.55. The summed E-state index contributed by atoms with van der Waals surface area (Å²) in [4.78, 5) is 17.2. The van der Waals surface area contributed by atoms with Crippen LogP contribution in [0.4, 0.5) is 0 Å². The summed E-state index contributed by atoms with van der Waals surface area (Å²) in [7, 11) is 1.81. The number of H-pyrrole nitrogens is 1. The molecule has 0 bridgehead atoms. The zero-order valence-electron chi connectivity index (χ0n) is 12.5. The number of likely N-dealkylation sites (N-methyl/N-ethyl adjacent to an activating group) is 1. The number of unbranched alkanes of at least 4 members (excludes halogenated alkanes) is 1. The van der Waals surface area contributed by atoms with Crippen molar-refractivity contribution in [2.45, 2.75) is 25.3 Å². The number of para-hydroxylation sites is 1. The number of hydrogen-bond donors (Lipinski definition) is 2. The molecule has 0 saturated heterocycles. The van der Waals surface area contributed by atoms with Gasteiger partial charge in [0.1, 0.15) is 0 Å². The second-order valence-electron chi connectivity index (χ2n) is 5.36. The van der Waals surface area contributed by atoms with Crippen LogP contribution in [-0.2, 0) is 11.2 Å². The molecule has 0 aliphatic heterocycles. The second-order valence-corrected chi connectivity index (χ2v) is 5.36. The van der Waals surface area contributed by atoms with Crippen molar-refractivity contribution in [1.82, 2.24) is 9.88 Å². The molecule has 4 nitrogen and oxygen atoms in total. The zero-order chi connectivity index (χ0) is 15.2. The molecule has 0 saturated carbocycles. The number of carbonyl (C=O) groups is 1. The molecular weight excluding hydrogens is 262 g/mol. The van der Waals surface area contributed by atoms with Gasteiger partial charge in [0.2, 0.25) is 5.91 Å². The number of nitrogens with zero attached hydrogens (tertiary/aromatic N) is 1. The van der Waals surface area contributed by atoms with Gasteiger partial charge in [0, 0.05) is 30.7 Å². The van der Waals surface area contributed by atoms with Crippen LogP contribution in [0.1, 0.15) is 18.4 Å². The highest BCUT2D eigenvalue weighted by Crippen LogP contribution is 2.19. The standard InChI is InChI=1S/C17H23N3O/c1-3-4-7-10-20(2)17(21)15(18)11-13-12-19-16-9-6-5-8-14(13)16/h3,5-6,8-9,12,15,19H,1,4,7,10-11,18H2,2H3. The average molecular weight is 285 g/mol. The van der Waals surface area contributed by atoms with Crippen molar-refractivity contribution in [2.24, 2.45) is 5.73 Å². The Kier molecular flexibility index (Phi) is 5.17. The quantitative estimate of drug-likeness (QED) is 0.606. The molecule has 0 aliphatic carbocycles. The number of nitrogens with two attached hydrogens (primary N) is 1. The third-order valence-corrected chi connectivity index (χ3v) is 3.71. The van der Waals surface area contributed by atoms with Gasteiger partial charge in [0.25, 0.3) is 0 Å². The number of aromatic nitrogens is 1. The van der Waals surface area contributed by atoms with Crippen LogP contribution in [0.2, 0.25) is 0 Å². The number of fused-ring (bicyclic) bond motifs is 1. The summed E-state index contributed by atoms with van der Waals surface area (Å²) in [5, 5.41) is 1.13. The van der Waals surface area contributed by atoms with Crippen molar-refractivity contribution in [1.29, 1.82) is 0 Å². The van der Waals surface area contributed by atoms with Crippen molar-refractivity contribution in [3.63, 3.8) is 0 Å². The molecule has 112 valence electrons. The van der Waals surface area contributed by atoms with Crippen LogP contribution < -0.4 is 5.73 Å². The fraction of sp³-hybridized carbons (Fsp3) is 0.353. The number of allylic oxidation sites excluding steroid dienone is 1. The van der Waals surface area contributed by atoms with Crippen molar-refractivity contribution in [3.8, 4) is 0 Å². The Hall–Kier alpha value is -2.07. The van der Waals surface area contributed by atoms with Crippen molar-refractivity contribution in [2.75, 3.05) is 13.6 Å². The molecule has 1 unspecified atom stereocenters. The van der Waals surface area contributed by atoms with Gasteiger partial charge in [0.05, 0.1) is 6.04 Å². The van der Waals surface area contributed by atoms with E-state index in [0.717, 1.165) is 29.3 Å². The van der Waals surface area contributed by atoms with Crippen molar-refractivity contribution in [3.05, 3.63) is 48.7 Å². The van der Waals surface area contributed by atoms with Crippen LogP contribution in [-0.4, -0.2) is 35.4 Å². The van der Waals surface area contributed by atoms with Gasteiger partial charge >= 0.3 is 0 Å². The highest BCUT2D eigenvalue weighted by Gasteiger charge is 2.19. The van der Waals surface area contributed by atoms with E-state index >= 15 is 0 Å². The molecule has 0 radical (unpaired) electrons. The molecule has 1 heterocycles. The van der Waals surface area contributed by atoms with Gasteiger partial charge in [-0.1, -0.05) is 24.3 Å². The van der Waals surface area contributed by atoms with Gasteiger partial charge in [0.15, 0.2) is 0 Å². The van der Waals surface area contributed by atoms with E-state index in [9.17, 15) is 4.79 Å². The van der Waals surface area contributed by atoms with Gasteiger partial charge in [-0.05, 0) is 30.9 Å². The first kappa shape index (κ1) is 15.3. The first-order valence-corrected chi connectivity index (χ1v) is 7.30. The molecule has 3 N–H and O–H groups in total. The molecular formula is C17H23N3O. The molecule has 1 amide bonds. The maximum Gasteiger partial charge on any atom is 0.239 e. The van der Waals surface area contributed by atoms with Crippen molar-refractivity contribution < 1.29 is 4.79 Å². The zero-order valence-corrected chi connectivity index (χ0v) is 12.5. The summed E-state index contributed by atoms with van der Waals surface area (Å²) in [6.07, 6.45) is 6.19. The summed E-state index contributed by atoms with van der Waals surface area (Å²) in [5.41, 5.74) is 8.24. The molecule has 21 heavy (non-hydrogen) atoms. The predicted octanol–water partition coefficient (Wildman–Crippen LogP) is 2.46. The normalized spacial score (nSPS) is 12.3. The Morgan fingerprint density at radius 3 is 3.00 bits per heavy atom. The second kappa shape index (κ2) is 7.09. The first-order chi connectivity index (χ1) is 10.1. The topological polar surface area (TPSA) is 62.1 Å². The number of hydrogen-bond acceptors (Lipinski definition) is 2. The lowest BCUT2D eigenvalue weighted by Crippen LogP contribution is -2.43. The van der Waals surface area contributed by atoms with Gasteiger partial charge in [-0.2, -0.15) is 0 Å². The minimum Gasteiger partial charge on any atom is -0.361 e. The lowest BCUT2D eigenvalue weighted by Gasteiger charge is -2.21. The Balaban J connectivity index is 1.98. The first-order valence-electron chi connectivity index (χ1n) is 7.30.